The van der Waals surface area contributed by atoms with Crippen molar-refractivity contribution < 1.29 is 5.11 Å². The Balaban J connectivity index is 1.94. The van der Waals surface area contributed by atoms with Crippen molar-refractivity contribution in [1.29, 1.82) is 0 Å². The summed E-state index contributed by atoms with van der Waals surface area (Å²) in [6.45, 7) is 5.12. The summed E-state index contributed by atoms with van der Waals surface area (Å²) in [5, 5.41) is 9.61. The topological polar surface area (TPSA) is 23.5 Å². The monoisotopic (exact) mass is 211 g/mol. The third kappa shape index (κ3) is 2.36. The molecule has 1 heterocycles. The molecule has 0 aromatic heterocycles. The Morgan fingerprint density at radius 1 is 1.27 bits per heavy atom. The maximum Gasteiger partial charge on any atom is 0.0499 e. The number of hydrogen-bond acceptors (Lipinski definition) is 2. The average Bonchev–Trinajstić information content (AvgIpc) is 2.88. The van der Waals surface area contributed by atoms with Gasteiger partial charge in [-0.05, 0) is 38.6 Å². The quantitative estimate of drug-likeness (QED) is 0.772. The molecule has 1 aliphatic carbocycles. The van der Waals surface area contributed by atoms with E-state index in [1.165, 1.54) is 51.5 Å². The zero-order valence-electron chi connectivity index (χ0n) is 10.0. The Morgan fingerprint density at radius 2 is 2.00 bits per heavy atom. The Labute approximate surface area is 93.7 Å². The first-order chi connectivity index (χ1) is 7.29. The van der Waals surface area contributed by atoms with Crippen molar-refractivity contribution in [2.45, 2.75) is 57.9 Å². The molecule has 0 radical (unpaired) electrons. The average molecular weight is 211 g/mol. The zero-order chi connectivity index (χ0) is 10.7. The summed E-state index contributed by atoms with van der Waals surface area (Å²) in [6.07, 6.45) is 9.16. The maximum absolute atomic E-state index is 9.61. The van der Waals surface area contributed by atoms with E-state index in [0.29, 0.717) is 6.61 Å². The van der Waals surface area contributed by atoms with Crippen LogP contribution >= 0.6 is 0 Å². The molecular weight excluding hydrogens is 186 g/mol. The first kappa shape index (κ1) is 11.4. The zero-order valence-corrected chi connectivity index (χ0v) is 10.0. The molecule has 88 valence electrons. The van der Waals surface area contributed by atoms with E-state index < -0.39 is 0 Å². The Kier molecular flexibility index (Phi) is 3.68. The van der Waals surface area contributed by atoms with Crippen LogP contribution in [0.1, 0.15) is 51.9 Å². The summed E-state index contributed by atoms with van der Waals surface area (Å²) in [5.74, 6) is 0. The normalized spacial score (nSPS) is 31.2. The molecule has 1 unspecified atom stereocenters. The van der Waals surface area contributed by atoms with Gasteiger partial charge in [-0.25, -0.2) is 0 Å². The maximum atomic E-state index is 9.61. The molecule has 2 rings (SSSR count). The van der Waals surface area contributed by atoms with Gasteiger partial charge in [0.05, 0.1) is 0 Å². The number of hydrogen-bond donors (Lipinski definition) is 1. The number of aliphatic hydroxyl groups is 1. The van der Waals surface area contributed by atoms with Gasteiger partial charge < -0.3 is 5.11 Å². The lowest BCUT2D eigenvalue weighted by Gasteiger charge is -2.34. The molecule has 0 aromatic carbocycles. The molecule has 1 saturated heterocycles. The van der Waals surface area contributed by atoms with E-state index in [2.05, 4.69) is 11.8 Å². The minimum atomic E-state index is 0.262. The second-order valence-corrected chi connectivity index (χ2v) is 5.54. The van der Waals surface area contributed by atoms with Crippen molar-refractivity contribution in [3.05, 3.63) is 0 Å². The molecule has 1 N–H and O–H groups in total. The Morgan fingerprint density at radius 3 is 2.60 bits per heavy atom. The Hall–Kier alpha value is -0.0800. The standard InChI is InChI=1S/C13H25NO/c1-2-12-6-5-9-14(12)10-13(11-15)7-3-4-8-13/h12,15H,2-11H2,1H3. The summed E-state index contributed by atoms with van der Waals surface area (Å²) in [7, 11) is 0. The summed E-state index contributed by atoms with van der Waals surface area (Å²) >= 11 is 0. The third-order valence-corrected chi connectivity index (χ3v) is 4.51. The van der Waals surface area contributed by atoms with Crippen LogP contribution in [0.2, 0.25) is 0 Å². The molecule has 0 bridgehead atoms. The molecule has 0 spiro atoms. The van der Waals surface area contributed by atoms with Gasteiger partial charge in [0.1, 0.15) is 0 Å². The predicted molar refractivity (Wildman–Crippen MR) is 62.9 cm³/mol. The molecule has 2 aliphatic rings. The van der Waals surface area contributed by atoms with Gasteiger partial charge in [-0.15, -0.1) is 0 Å². The van der Waals surface area contributed by atoms with E-state index in [0.717, 1.165) is 12.6 Å². The van der Waals surface area contributed by atoms with Gasteiger partial charge in [-0.1, -0.05) is 19.8 Å². The van der Waals surface area contributed by atoms with E-state index in [-0.39, 0.29) is 5.41 Å². The van der Waals surface area contributed by atoms with Crippen LogP contribution in [0.5, 0.6) is 0 Å². The molecule has 15 heavy (non-hydrogen) atoms. The van der Waals surface area contributed by atoms with Crippen LogP contribution < -0.4 is 0 Å². The molecule has 2 nitrogen and oxygen atoms in total. The highest BCUT2D eigenvalue weighted by atomic mass is 16.3. The van der Waals surface area contributed by atoms with Crippen LogP contribution in [-0.4, -0.2) is 35.7 Å². The van der Waals surface area contributed by atoms with Gasteiger partial charge in [0.15, 0.2) is 0 Å². The van der Waals surface area contributed by atoms with Crippen molar-refractivity contribution in [3.8, 4) is 0 Å². The molecule has 1 aliphatic heterocycles. The second kappa shape index (κ2) is 4.84. The first-order valence-electron chi connectivity index (χ1n) is 6.64. The predicted octanol–water partition coefficient (Wildman–Crippen LogP) is 2.41. The number of nitrogens with zero attached hydrogens (tertiary/aromatic N) is 1. The van der Waals surface area contributed by atoms with Gasteiger partial charge in [0, 0.05) is 24.6 Å². The smallest absolute Gasteiger partial charge is 0.0499 e. The highest BCUT2D eigenvalue weighted by molar-refractivity contribution is 4.90. The van der Waals surface area contributed by atoms with Crippen molar-refractivity contribution in [1.82, 2.24) is 4.90 Å². The van der Waals surface area contributed by atoms with Gasteiger partial charge >= 0.3 is 0 Å². The van der Waals surface area contributed by atoms with E-state index in [9.17, 15) is 5.11 Å². The van der Waals surface area contributed by atoms with Crippen molar-refractivity contribution in [2.24, 2.45) is 5.41 Å². The van der Waals surface area contributed by atoms with E-state index in [4.69, 9.17) is 0 Å². The molecule has 2 heteroatoms. The van der Waals surface area contributed by atoms with Gasteiger partial charge in [-0.2, -0.15) is 0 Å². The van der Waals surface area contributed by atoms with E-state index >= 15 is 0 Å². The fraction of sp³-hybridized carbons (Fsp3) is 1.00. The molecule has 0 amide bonds. The van der Waals surface area contributed by atoms with Crippen LogP contribution in [0.4, 0.5) is 0 Å². The van der Waals surface area contributed by atoms with E-state index in [1.54, 1.807) is 0 Å². The SMILES string of the molecule is CCC1CCCN1CC1(CO)CCCC1. The summed E-state index contributed by atoms with van der Waals surface area (Å²) in [4.78, 5) is 2.64. The fourth-order valence-corrected chi connectivity index (χ4v) is 3.49. The van der Waals surface area contributed by atoms with Crippen molar-refractivity contribution >= 4 is 0 Å². The highest BCUT2D eigenvalue weighted by Crippen LogP contribution is 2.39. The summed E-state index contributed by atoms with van der Waals surface area (Å²) in [6, 6.07) is 0.800. The van der Waals surface area contributed by atoms with Gasteiger partial charge in [0.2, 0.25) is 0 Å². The fourth-order valence-electron chi connectivity index (χ4n) is 3.49. The minimum absolute atomic E-state index is 0.262. The van der Waals surface area contributed by atoms with Gasteiger partial charge in [-0.3, -0.25) is 4.90 Å². The summed E-state index contributed by atoms with van der Waals surface area (Å²) < 4.78 is 0. The largest absolute Gasteiger partial charge is 0.396 e. The highest BCUT2D eigenvalue weighted by Gasteiger charge is 2.37. The molecule has 2 fully saturated rings. The van der Waals surface area contributed by atoms with Crippen molar-refractivity contribution in [3.63, 3.8) is 0 Å². The third-order valence-electron chi connectivity index (χ3n) is 4.51. The number of rotatable bonds is 4. The number of likely N-dealkylation sites (tertiary alicyclic amines) is 1. The molecular formula is C13H25NO. The minimum Gasteiger partial charge on any atom is -0.396 e. The van der Waals surface area contributed by atoms with Crippen molar-refractivity contribution in [2.75, 3.05) is 19.7 Å². The lowest BCUT2D eigenvalue weighted by atomic mass is 9.86. The van der Waals surface area contributed by atoms with E-state index in [1.807, 2.05) is 0 Å². The molecule has 1 atom stereocenters. The second-order valence-electron chi connectivity index (χ2n) is 5.54. The van der Waals surface area contributed by atoms with Crippen LogP contribution in [0.15, 0.2) is 0 Å². The number of aliphatic hydroxyl groups excluding tert-OH is 1. The summed E-state index contributed by atoms with van der Waals surface area (Å²) in [5.41, 5.74) is 0.262. The molecule has 1 saturated carbocycles. The molecule has 0 aromatic rings. The Bertz CT molecular complexity index is 199. The van der Waals surface area contributed by atoms with Crippen LogP contribution in [0, 0.1) is 5.41 Å². The van der Waals surface area contributed by atoms with Gasteiger partial charge in [0.25, 0.3) is 0 Å². The van der Waals surface area contributed by atoms with Crippen LogP contribution in [-0.2, 0) is 0 Å². The lowest BCUT2D eigenvalue weighted by Crippen LogP contribution is -2.40. The van der Waals surface area contributed by atoms with Crippen LogP contribution in [0.3, 0.4) is 0 Å². The lowest BCUT2D eigenvalue weighted by molar-refractivity contribution is 0.0720. The van der Waals surface area contributed by atoms with Crippen LogP contribution in [0.25, 0.3) is 0 Å². The first-order valence-corrected chi connectivity index (χ1v) is 6.64.